The third-order valence-electron chi connectivity index (χ3n) is 2.94. The highest BCUT2D eigenvalue weighted by Crippen LogP contribution is 2.31. The van der Waals surface area contributed by atoms with Gasteiger partial charge in [-0.05, 0) is 35.5 Å². The Morgan fingerprint density at radius 3 is 3.42 bits per heavy atom. The molecule has 0 fully saturated rings. The molecule has 0 amide bonds. The SMILES string of the molecule is CCOC(=O)c1noc(C2NCCc3sccc32)n1. The minimum Gasteiger partial charge on any atom is -0.460 e. The quantitative estimate of drug-likeness (QED) is 0.859. The molecule has 1 aliphatic heterocycles. The molecule has 2 aromatic heterocycles. The van der Waals surface area contributed by atoms with Gasteiger partial charge in [-0.2, -0.15) is 4.98 Å². The van der Waals surface area contributed by atoms with Crippen molar-refractivity contribution in [3.8, 4) is 0 Å². The minimum absolute atomic E-state index is 0.0268. The van der Waals surface area contributed by atoms with Gasteiger partial charge in [0.15, 0.2) is 0 Å². The number of carbonyl (C=O) groups is 1. The van der Waals surface area contributed by atoms with Gasteiger partial charge in [0.25, 0.3) is 5.82 Å². The van der Waals surface area contributed by atoms with Crippen molar-refractivity contribution in [2.75, 3.05) is 13.2 Å². The summed E-state index contributed by atoms with van der Waals surface area (Å²) in [6, 6.07) is 1.91. The molecule has 0 radical (unpaired) electrons. The van der Waals surface area contributed by atoms with E-state index in [2.05, 4.69) is 15.5 Å². The normalized spacial score (nSPS) is 18.1. The third-order valence-corrected chi connectivity index (χ3v) is 3.93. The summed E-state index contributed by atoms with van der Waals surface area (Å²) in [7, 11) is 0. The van der Waals surface area contributed by atoms with Crippen LogP contribution in [-0.2, 0) is 11.2 Å². The molecule has 0 saturated carbocycles. The molecule has 1 aliphatic rings. The summed E-state index contributed by atoms with van der Waals surface area (Å²) in [5.41, 5.74) is 1.15. The highest BCUT2D eigenvalue weighted by molar-refractivity contribution is 7.10. The lowest BCUT2D eigenvalue weighted by molar-refractivity contribution is 0.0508. The van der Waals surface area contributed by atoms with E-state index < -0.39 is 5.97 Å². The number of fused-ring (bicyclic) bond motifs is 1. The molecule has 0 aliphatic carbocycles. The number of carbonyl (C=O) groups excluding carboxylic acids is 1. The molecule has 2 aromatic rings. The van der Waals surface area contributed by atoms with Crippen LogP contribution in [0.1, 0.15) is 39.9 Å². The van der Waals surface area contributed by atoms with Crippen LogP contribution in [0.25, 0.3) is 0 Å². The van der Waals surface area contributed by atoms with Crippen molar-refractivity contribution < 1.29 is 14.1 Å². The van der Waals surface area contributed by atoms with Crippen LogP contribution >= 0.6 is 11.3 Å². The summed E-state index contributed by atoms with van der Waals surface area (Å²) >= 11 is 1.72. The lowest BCUT2D eigenvalue weighted by Gasteiger charge is -2.20. The molecule has 3 heterocycles. The zero-order valence-corrected chi connectivity index (χ0v) is 11.2. The van der Waals surface area contributed by atoms with E-state index in [9.17, 15) is 4.79 Å². The highest BCUT2D eigenvalue weighted by Gasteiger charge is 2.28. The van der Waals surface area contributed by atoms with Crippen molar-refractivity contribution in [1.82, 2.24) is 15.5 Å². The van der Waals surface area contributed by atoms with Crippen LogP contribution in [0.5, 0.6) is 0 Å². The average molecular weight is 279 g/mol. The van der Waals surface area contributed by atoms with E-state index in [4.69, 9.17) is 9.26 Å². The molecule has 0 spiro atoms. The van der Waals surface area contributed by atoms with Gasteiger partial charge in [0, 0.05) is 11.4 Å². The molecule has 1 atom stereocenters. The molecule has 100 valence electrons. The van der Waals surface area contributed by atoms with Crippen LogP contribution in [-0.4, -0.2) is 29.3 Å². The number of rotatable bonds is 3. The molecule has 19 heavy (non-hydrogen) atoms. The zero-order chi connectivity index (χ0) is 13.2. The number of hydrogen-bond acceptors (Lipinski definition) is 7. The molecular formula is C12H13N3O3S. The fourth-order valence-electron chi connectivity index (χ4n) is 2.10. The Bertz CT molecular complexity index is 593. The van der Waals surface area contributed by atoms with Crippen molar-refractivity contribution >= 4 is 17.3 Å². The zero-order valence-electron chi connectivity index (χ0n) is 10.4. The van der Waals surface area contributed by atoms with Crippen molar-refractivity contribution in [3.63, 3.8) is 0 Å². The predicted molar refractivity (Wildman–Crippen MR) is 68.1 cm³/mol. The lowest BCUT2D eigenvalue weighted by Crippen LogP contribution is -2.29. The van der Waals surface area contributed by atoms with E-state index in [1.165, 1.54) is 4.88 Å². The number of hydrogen-bond donors (Lipinski definition) is 1. The first-order valence-electron chi connectivity index (χ1n) is 6.10. The van der Waals surface area contributed by atoms with E-state index in [0.29, 0.717) is 12.5 Å². The fraction of sp³-hybridized carbons (Fsp3) is 0.417. The average Bonchev–Trinajstić information content (AvgIpc) is 3.07. The van der Waals surface area contributed by atoms with E-state index in [1.54, 1.807) is 18.3 Å². The second kappa shape index (κ2) is 5.10. The summed E-state index contributed by atoms with van der Waals surface area (Å²) in [5.74, 6) is -0.178. The Morgan fingerprint density at radius 1 is 1.68 bits per heavy atom. The molecule has 1 unspecified atom stereocenters. The van der Waals surface area contributed by atoms with Gasteiger partial charge in [-0.15, -0.1) is 11.3 Å². The maximum absolute atomic E-state index is 11.5. The third kappa shape index (κ3) is 2.26. The molecule has 6 nitrogen and oxygen atoms in total. The van der Waals surface area contributed by atoms with Crippen LogP contribution in [0.15, 0.2) is 16.0 Å². The highest BCUT2D eigenvalue weighted by atomic mass is 32.1. The van der Waals surface area contributed by atoms with Crippen LogP contribution in [0.4, 0.5) is 0 Å². The van der Waals surface area contributed by atoms with E-state index in [1.807, 2.05) is 11.4 Å². The monoisotopic (exact) mass is 279 g/mol. The van der Waals surface area contributed by atoms with Gasteiger partial charge < -0.3 is 14.6 Å². The van der Waals surface area contributed by atoms with E-state index in [-0.39, 0.29) is 11.9 Å². The van der Waals surface area contributed by atoms with Gasteiger partial charge in [-0.25, -0.2) is 4.79 Å². The Morgan fingerprint density at radius 2 is 2.58 bits per heavy atom. The number of ether oxygens (including phenoxy) is 1. The number of aromatic nitrogens is 2. The molecular weight excluding hydrogens is 266 g/mol. The maximum atomic E-state index is 11.5. The lowest BCUT2D eigenvalue weighted by atomic mass is 10.0. The maximum Gasteiger partial charge on any atom is 0.379 e. The van der Waals surface area contributed by atoms with Crippen molar-refractivity contribution in [2.45, 2.75) is 19.4 Å². The molecule has 3 rings (SSSR count). The molecule has 0 bridgehead atoms. The topological polar surface area (TPSA) is 77.2 Å². The largest absolute Gasteiger partial charge is 0.460 e. The number of nitrogens with zero attached hydrogens (tertiary/aromatic N) is 2. The van der Waals surface area contributed by atoms with Crippen molar-refractivity contribution in [1.29, 1.82) is 0 Å². The fourth-order valence-corrected chi connectivity index (χ4v) is 3.02. The molecule has 0 saturated heterocycles. The summed E-state index contributed by atoms with van der Waals surface area (Å²) in [5, 5.41) is 9.04. The summed E-state index contributed by atoms with van der Waals surface area (Å²) in [6.45, 7) is 2.88. The van der Waals surface area contributed by atoms with Crippen LogP contribution < -0.4 is 5.32 Å². The van der Waals surface area contributed by atoms with Gasteiger partial charge >= 0.3 is 5.97 Å². The Kier molecular flexibility index (Phi) is 3.31. The minimum atomic E-state index is -0.557. The van der Waals surface area contributed by atoms with Crippen molar-refractivity contribution in [3.05, 3.63) is 33.6 Å². The van der Waals surface area contributed by atoms with Gasteiger partial charge in [0.1, 0.15) is 6.04 Å². The van der Waals surface area contributed by atoms with Gasteiger partial charge in [-0.1, -0.05) is 0 Å². The molecule has 0 aromatic carbocycles. The van der Waals surface area contributed by atoms with Crippen LogP contribution in [0, 0.1) is 0 Å². The predicted octanol–water partition coefficient (Wildman–Crippen LogP) is 1.54. The number of esters is 1. The van der Waals surface area contributed by atoms with Crippen LogP contribution in [0.2, 0.25) is 0 Å². The second-order valence-corrected chi connectivity index (χ2v) is 5.11. The summed E-state index contributed by atoms with van der Waals surface area (Å²) in [4.78, 5) is 17.0. The van der Waals surface area contributed by atoms with Crippen molar-refractivity contribution in [2.24, 2.45) is 0 Å². The second-order valence-electron chi connectivity index (χ2n) is 4.11. The smallest absolute Gasteiger partial charge is 0.379 e. The van der Waals surface area contributed by atoms with E-state index >= 15 is 0 Å². The summed E-state index contributed by atoms with van der Waals surface area (Å²) < 4.78 is 10.0. The Hall–Kier alpha value is -1.73. The molecule has 1 N–H and O–H groups in total. The van der Waals surface area contributed by atoms with Gasteiger partial charge in [0.05, 0.1) is 6.61 Å². The first-order chi connectivity index (χ1) is 9.29. The van der Waals surface area contributed by atoms with Crippen LogP contribution in [0.3, 0.4) is 0 Å². The summed E-state index contributed by atoms with van der Waals surface area (Å²) in [6.07, 6.45) is 1.00. The standard InChI is InChI=1S/C12H13N3O3S/c1-2-17-12(16)10-14-11(18-15-10)9-7-4-6-19-8(7)3-5-13-9/h4,6,9,13H,2-3,5H2,1H3. The first-order valence-corrected chi connectivity index (χ1v) is 6.98. The van der Waals surface area contributed by atoms with Gasteiger partial charge in [0.2, 0.25) is 5.89 Å². The number of nitrogens with one attached hydrogen (secondary N) is 1. The Labute approximate surface area is 113 Å². The molecule has 7 heteroatoms. The van der Waals surface area contributed by atoms with E-state index in [0.717, 1.165) is 18.5 Å². The number of thiophene rings is 1. The van der Waals surface area contributed by atoms with Gasteiger partial charge in [-0.3, -0.25) is 0 Å². The first kappa shape index (κ1) is 12.3. The Balaban J connectivity index is 1.87.